The third-order valence-electron chi connectivity index (χ3n) is 4.07. The van der Waals surface area contributed by atoms with Gasteiger partial charge in [0.15, 0.2) is 5.52 Å². The van der Waals surface area contributed by atoms with E-state index in [-0.39, 0.29) is 0 Å². The lowest BCUT2D eigenvalue weighted by Gasteiger charge is -2.05. The van der Waals surface area contributed by atoms with E-state index >= 15 is 0 Å². The zero-order valence-electron chi connectivity index (χ0n) is 12.1. The van der Waals surface area contributed by atoms with Crippen molar-refractivity contribution in [2.45, 2.75) is 13.8 Å². The number of hydrogen-bond donors (Lipinski definition) is 1. The van der Waals surface area contributed by atoms with Crippen LogP contribution < -0.4 is 10.7 Å². The second kappa shape index (κ2) is 4.16. The van der Waals surface area contributed by atoms with Crippen molar-refractivity contribution >= 4 is 38.5 Å². The number of aromatic amines is 1. The Balaban J connectivity index is 2.22. The van der Waals surface area contributed by atoms with E-state index in [4.69, 9.17) is 10.7 Å². The normalized spacial score (nSPS) is 11.5. The van der Waals surface area contributed by atoms with E-state index in [1.807, 2.05) is 12.1 Å². The number of nitrogens with two attached hydrogens (primary N) is 1. The Morgan fingerprint density at radius 3 is 2.71 bits per heavy atom. The third-order valence-corrected chi connectivity index (χ3v) is 4.07. The van der Waals surface area contributed by atoms with Crippen molar-refractivity contribution in [3.8, 4) is 0 Å². The lowest BCUT2D eigenvalue weighted by Crippen LogP contribution is -2.11. The highest BCUT2D eigenvalue weighted by Gasteiger charge is 2.15. The summed E-state index contributed by atoms with van der Waals surface area (Å²) in [5.41, 5.74) is 12.5. The molecule has 0 radical (unpaired) electrons. The van der Waals surface area contributed by atoms with Gasteiger partial charge in [0.25, 0.3) is 0 Å². The molecule has 0 bridgehead atoms. The predicted molar refractivity (Wildman–Crippen MR) is 87.2 cm³/mol. The van der Waals surface area contributed by atoms with E-state index in [0.29, 0.717) is 0 Å². The summed E-state index contributed by atoms with van der Waals surface area (Å²) in [6.07, 6.45) is 0. The molecule has 4 rings (SSSR count). The van der Waals surface area contributed by atoms with Crippen LogP contribution in [0.15, 0.2) is 42.5 Å². The number of pyridine rings is 2. The van der Waals surface area contributed by atoms with E-state index in [0.717, 1.165) is 38.5 Å². The number of rotatable bonds is 0. The van der Waals surface area contributed by atoms with Crippen LogP contribution in [0.2, 0.25) is 0 Å². The number of benzene rings is 2. The molecule has 0 saturated heterocycles. The van der Waals surface area contributed by atoms with Gasteiger partial charge in [-0.15, -0.1) is 0 Å². The molecule has 0 spiro atoms. The maximum absolute atomic E-state index is 6.39. The van der Waals surface area contributed by atoms with Crippen LogP contribution in [0, 0.1) is 13.8 Å². The van der Waals surface area contributed by atoms with E-state index < -0.39 is 0 Å². The van der Waals surface area contributed by atoms with Crippen molar-refractivity contribution in [3.05, 3.63) is 53.6 Å². The van der Waals surface area contributed by atoms with Crippen LogP contribution in [0.1, 0.15) is 11.1 Å². The molecule has 3 heteroatoms. The van der Waals surface area contributed by atoms with Gasteiger partial charge in [-0.3, -0.25) is 0 Å². The molecular weight excluding hydrogens is 258 g/mol. The monoisotopic (exact) mass is 274 g/mol. The van der Waals surface area contributed by atoms with Gasteiger partial charge in [0.05, 0.1) is 11.1 Å². The Labute approximate surface area is 122 Å². The van der Waals surface area contributed by atoms with Gasteiger partial charge >= 0.3 is 5.65 Å². The standard InChI is InChI=1S/C18H15N3/c1-10-6-7-15-12(8-10)9-14-16(19)13-5-3-4-11(2)17(13)21-18(14)20-15/h3-9H,1-2H3,(H2,19,20,21)/p+1. The van der Waals surface area contributed by atoms with Gasteiger partial charge < -0.3 is 5.73 Å². The smallest absolute Gasteiger partial charge is 0.331 e. The van der Waals surface area contributed by atoms with Crippen molar-refractivity contribution < 1.29 is 4.98 Å². The number of nitrogens with zero attached hydrogens (tertiary/aromatic N) is 1. The van der Waals surface area contributed by atoms with E-state index in [9.17, 15) is 0 Å². The fraction of sp³-hybridized carbons (Fsp3) is 0.111. The number of nitrogens with one attached hydrogen (secondary N) is 1. The van der Waals surface area contributed by atoms with Crippen LogP contribution in [0.3, 0.4) is 0 Å². The Morgan fingerprint density at radius 1 is 1.00 bits per heavy atom. The summed E-state index contributed by atoms with van der Waals surface area (Å²) < 4.78 is 0. The maximum Gasteiger partial charge on any atom is 0.331 e. The molecule has 0 aliphatic heterocycles. The molecule has 0 amide bonds. The summed E-state index contributed by atoms with van der Waals surface area (Å²) in [7, 11) is 0. The largest absolute Gasteiger partial charge is 0.397 e. The molecule has 3 nitrogen and oxygen atoms in total. The summed E-state index contributed by atoms with van der Waals surface area (Å²) in [5.74, 6) is 0. The molecule has 2 heterocycles. The third kappa shape index (κ3) is 1.74. The topological polar surface area (TPSA) is 53.0 Å². The zero-order chi connectivity index (χ0) is 14.6. The average Bonchev–Trinajstić information content (AvgIpc) is 2.47. The minimum atomic E-state index is 0.790. The van der Waals surface area contributed by atoms with E-state index in [2.05, 4.69) is 49.2 Å². The van der Waals surface area contributed by atoms with Gasteiger partial charge in [-0.25, -0.2) is 4.98 Å². The molecule has 4 aromatic rings. The van der Waals surface area contributed by atoms with Crippen molar-refractivity contribution in [1.82, 2.24) is 4.98 Å². The molecule has 102 valence electrons. The van der Waals surface area contributed by atoms with Gasteiger partial charge in [-0.2, -0.15) is 0 Å². The molecule has 21 heavy (non-hydrogen) atoms. The number of nitrogen functional groups attached to an aromatic ring is 1. The summed E-state index contributed by atoms with van der Waals surface area (Å²) in [4.78, 5) is 8.17. The first-order valence-electron chi connectivity index (χ1n) is 7.05. The Hall–Kier alpha value is -2.68. The van der Waals surface area contributed by atoms with Crippen LogP contribution in [0.5, 0.6) is 0 Å². The van der Waals surface area contributed by atoms with Crippen LogP contribution in [-0.2, 0) is 0 Å². The molecule has 0 aliphatic carbocycles. The number of aromatic nitrogens is 2. The zero-order valence-corrected chi connectivity index (χ0v) is 12.1. The molecule has 0 saturated carbocycles. The van der Waals surface area contributed by atoms with Crippen molar-refractivity contribution in [1.29, 1.82) is 0 Å². The first-order valence-corrected chi connectivity index (χ1v) is 7.05. The van der Waals surface area contributed by atoms with Crippen molar-refractivity contribution in [2.75, 3.05) is 5.73 Å². The van der Waals surface area contributed by atoms with Gasteiger partial charge in [0.2, 0.25) is 0 Å². The Kier molecular flexibility index (Phi) is 2.39. The van der Waals surface area contributed by atoms with Crippen LogP contribution >= 0.6 is 0 Å². The van der Waals surface area contributed by atoms with Crippen LogP contribution in [0.25, 0.3) is 32.8 Å². The highest BCUT2D eigenvalue weighted by atomic mass is 14.9. The first kappa shape index (κ1) is 12.1. The molecule has 0 fully saturated rings. The minimum absolute atomic E-state index is 0.790. The quantitative estimate of drug-likeness (QED) is 0.498. The van der Waals surface area contributed by atoms with Crippen molar-refractivity contribution in [3.63, 3.8) is 0 Å². The van der Waals surface area contributed by atoms with Gasteiger partial charge in [-0.05, 0) is 48.7 Å². The molecule has 0 aliphatic rings. The second-order valence-electron chi connectivity index (χ2n) is 5.62. The van der Waals surface area contributed by atoms with E-state index in [1.165, 1.54) is 11.1 Å². The molecule has 2 aromatic heterocycles. The molecule has 0 atom stereocenters. The molecule has 3 N–H and O–H groups in total. The SMILES string of the molecule is Cc1ccc2nc3[nH+]c4c(C)cccc4c(N)c3cc2c1. The predicted octanol–water partition coefficient (Wildman–Crippen LogP) is 3.55. The lowest BCUT2D eigenvalue weighted by atomic mass is 10.1. The Bertz CT molecular complexity index is 1020. The van der Waals surface area contributed by atoms with Gasteiger partial charge in [0, 0.05) is 10.8 Å². The lowest BCUT2D eigenvalue weighted by molar-refractivity contribution is -0.313. The number of hydrogen-bond acceptors (Lipinski definition) is 2. The average molecular weight is 274 g/mol. The minimum Gasteiger partial charge on any atom is -0.397 e. The summed E-state index contributed by atoms with van der Waals surface area (Å²) in [6.45, 7) is 4.16. The molecule has 2 aromatic carbocycles. The van der Waals surface area contributed by atoms with Gasteiger partial charge in [-0.1, -0.05) is 23.8 Å². The Morgan fingerprint density at radius 2 is 1.86 bits per heavy atom. The van der Waals surface area contributed by atoms with Crippen LogP contribution in [-0.4, -0.2) is 4.98 Å². The summed E-state index contributed by atoms with van der Waals surface area (Å²) in [6, 6.07) is 14.6. The molecule has 0 unspecified atom stereocenters. The number of fused-ring (bicyclic) bond motifs is 3. The van der Waals surface area contributed by atoms with Crippen LogP contribution in [0.4, 0.5) is 5.69 Å². The highest BCUT2D eigenvalue weighted by Crippen LogP contribution is 2.28. The fourth-order valence-electron chi connectivity index (χ4n) is 2.92. The molecular formula is C18H16N3+. The van der Waals surface area contributed by atoms with E-state index in [1.54, 1.807) is 0 Å². The maximum atomic E-state index is 6.39. The van der Waals surface area contributed by atoms with Gasteiger partial charge in [0.1, 0.15) is 5.52 Å². The number of aryl methyl sites for hydroxylation is 2. The fourth-order valence-corrected chi connectivity index (χ4v) is 2.92. The number of anilines is 1. The summed E-state index contributed by atoms with van der Waals surface area (Å²) in [5, 5.41) is 3.15. The number of para-hydroxylation sites is 1. The first-order chi connectivity index (χ1) is 10.1. The summed E-state index contributed by atoms with van der Waals surface area (Å²) >= 11 is 0. The highest BCUT2D eigenvalue weighted by molar-refractivity contribution is 6.06. The van der Waals surface area contributed by atoms with Crippen molar-refractivity contribution in [2.24, 2.45) is 0 Å². The number of H-pyrrole nitrogens is 1. The second-order valence-corrected chi connectivity index (χ2v) is 5.62.